The van der Waals surface area contributed by atoms with E-state index in [1.165, 1.54) is 0 Å². The first-order valence-corrected chi connectivity index (χ1v) is 7.19. The van der Waals surface area contributed by atoms with E-state index in [4.69, 9.17) is 5.73 Å². The number of nitrogens with zero attached hydrogens (tertiary/aromatic N) is 1. The Kier molecular flexibility index (Phi) is 3.90. The summed E-state index contributed by atoms with van der Waals surface area (Å²) in [7, 11) is 0. The Morgan fingerprint density at radius 2 is 1.30 bits per heavy atom. The van der Waals surface area contributed by atoms with Crippen LogP contribution in [0.3, 0.4) is 0 Å². The van der Waals surface area contributed by atoms with E-state index in [0.29, 0.717) is 11.1 Å². The van der Waals surface area contributed by atoms with E-state index in [2.05, 4.69) is 6.07 Å². The van der Waals surface area contributed by atoms with Gasteiger partial charge in [-0.3, -0.25) is 4.79 Å². The molecule has 110 valence electrons. The lowest BCUT2D eigenvalue weighted by Crippen LogP contribution is -2.12. The average molecular weight is 298 g/mol. The zero-order valence-corrected chi connectivity index (χ0v) is 12.4. The zero-order valence-electron chi connectivity index (χ0n) is 12.4. The topological polar surface area (TPSA) is 66.9 Å². The molecule has 0 saturated heterocycles. The smallest absolute Gasteiger partial charge is 0.249 e. The van der Waals surface area contributed by atoms with Crippen LogP contribution in [0.5, 0.6) is 0 Å². The summed E-state index contributed by atoms with van der Waals surface area (Å²) in [5.41, 5.74) is 10.1. The van der Waals surface area contributed by atoms with Crippen molar-refractivity contribution in [3.05, 3.63) is 83.9 Å². The predicted molar refractivity (Wildman–Crippen MR) is 90.5 cm³/mol. The molecule has 3 heteroatoms. The Hall–Kier alpha value is -3.38. The fourth-order valence-electron chi connectivity index (χ4n) is 2.61. The molecule has 0 radical (unpaired) electrons. The molecule has 0 unspecified atom stereocenters. The van der Waals surface area contributed by atoms with Crippen LogP contribution in [0.15, 0.2) is 72.8 Å². The van der Waals surface area contributed by atoms with Crippen molar-refractivity contribution < 1.29 is 4.79 Å². The Balaban J connectivity index is 2.04. The second kappa shape index (κ2) is 6.17. The molecule has 3 nitrogen and oxygen atoms in total. The van der Waals surface area contributed by atoms with Crippen molar-refractivity contribution in [3.8, 4) is 28.3 Å². The fourth-order valence-corrected chi connectivity index (χ4v) is 2.61. The van der Waals surface area contributed by atoms with E-state index in [0.717, 1.165) is 22.3 Å². The quantitative estimate of drug-likeness (QED) is 0.794. The Morgan fingerprint density at radius 1 is 0.783 bits per heavy atom. The van der Waals surface area contributed by atoms with Crippen molar-refractivity contribution in [2.24, 2.45) is 5.73 Å². The molecule has 0 aliphatic heterocycles. The number of amides is 1. The normalized spacial score (nSPS) is 10.0. The van der Waals surface area contributed by atoms with E-state index in [9.17, 15) is 10.1 Å². The molecule has 0 aliphatic rings. The molecule has 0 fully saturated rings. The molecule has 3 aromatic carbocycles. The second-order valence-electron chi connectivity index (χ2n) is 5.14. The number of hydrogen-bond donors (Lipinski definition) is 1. The lowest BCUT2D eigenvalue weighted by molar-refractivity contribution is 0.100. The van der Waals surface area contributed by atoms with Gasteiger partial charge in [-0.2, -0.15) is 5.26 Å². The molecule has 0 bridgehead atoms. The summed E-state index contributed by atoms with van der Waals surface area (Å²) in [4.78, 5) is 11.6. The number of carbonyl (C=O) groups excluding carboxylic acids is 1. The first kappa shape index (κ1) is 14.6. The Bertz CT molecular complexity index is 905. The lowest BCUT2D eigenvalue weighted by Gasteiger charge is -2.09. The van der Waals surface area contributed by atoms with Gasteiger partial charge in [-0.25, -0.2) is 0 Å². The maximum Gasteiger partial charge on any atom is 0.249 e. The SMILES string of the molecule is N#Cc1ccccc1-c1ccc(-c2ccccc2C(N)=O)cc1. The number of hydrogen-bond acceptors (Lipinski definition) is 2. The van der Waals surface area contributed by atoms with Gasteiger partial charge < -0.3 is 5.73 Å². The van der Waals surface area contributed by atoms with Gasteiger partial charge in [0.1, 0.15) is 0 Å². The summed E-state index contributed by atoms with van der Waals surface area (Å²) in [6.07, 6.45) is 0. The van der Waals surface area contributed by atoms with E-state index in [1.807, 2.05) is 54.6 Å². The summed E-state index contributed by atoms with van der Waals surface area (Å²) >= 11 is 0. The number of nitrogens with two attached hydrogens (primary N) is 1. The van der Waals surface area contributed by atoms with Crippen molar-refractivity contribution >= 4 is 5.91 Å². The third-order valence-corrected chi connectivity index (χ3v) is 3.75. The van der Waals surface area contributed by atoms with Crippen molar-refractivity contribution in [1.29, 1.82) is 5.26 Å². The molecular weight excluding hydrogens is 284 g/mol. The van der Waals surface area contributed by atoms with Crippen molar-refractivity contribution in [2.75, 3.05) is 0 Å². The molecule has 0 aromatic heterocycles. The first-order valence-electron chi connectivity index (χ1n) is 7.19. The Morgan fingerprint density at radius 3 is 1.91 bits per heavy atom. The fraction of sp³-hybridized carbons (Fsp3) is 0. The van der Waals surface area contributed by atoms with Crippen molar-refractivity contribution in [2.45, 2.75) is 0 Å². The largest absolute Gasteiger partial charge is 0.366 e. The number of rotatable bonds is 3. The van der Waals surface area contributed by atoms with Crippen LogP contribution in [0.1, 0.15) is 15.9 Å². The highest BCUT2D eigenvalue weighted by molar-refractivity contribution is 5.99. The van der Waals surface area contributed by atoms with E-state index < -0.39 is 5.91 Å². The van der Waals surface area contributed by atoms with E-state index in [-0.39, 0.29) is 0 Å². The molecule has 23 heavy (non-hydrogen) atoms. The molecular formula is C20H14N2O. The molecule has 3 aromatic rings. The van der Waals surface area contributed by atoms with E-state index in [1.54, 1.807) is 18.2 Å². The Labute approximate surface area is 134 Å². The summed E-state index contributed by atoms with van der Waals surface area (Å²) in [5, 5.41) is 9.21. The van der Waals surface area contributed by atoms with Crippen LogP contribution in [0.25, 0.3) is 22.3 Å². The van der Waals surface area contributed by atoms with Gasteiger partial charge in [-0.15, -0.1) is 0 Å². The van der Waals surface area contributed by atoms with Crippen LogP contribution in [-0.4, -0.2) is 5.91 Å². The van der Waals surface area contributed by atoms with Crippen LogP contribution in [0, 0.1) is 11.3 Å². The maximum atomic E-state index is 11.6. The van der Waals surface area contributed by atoms with Gasteiger partial charge >= 0.3 is 0 Å². The van der Waals surface area contributed by atoms with Gasteiger partial charge in [0, 0.05) is 5.56 Å². The molecule has 3 rings (SSSR count). The standard InChI is InChI=1S/C20H14N2O/c21-13-16-5-1-2-6-17(16)14-9-11-15(12-10-14)18-7-3-4-8-19(18)20(22)23/h1-12H,(H2,22,23). The summed E-state index contributed by atoms with van der Waals surface area (Å²) < 4.78 is 0. The first-order chi connectivity index (χ1) is 11.2. The minimum absolute atomic E-state index is 0.445. The zero-order chi connectivity index (χ0) is 16.2. The molecule has 0 aliphatic carbocycles. The lowest BCUT2D eigenvalue weighted by atomic mass is 9.95. The van der Waals surface area contributed by atoms with Crippen LogP contribution in [0.4, 0.5) is 0 Å². The summed E-state index contributed by atoms with van der Waals surface area (Å²) in [5.74, 6) is -0.445. The minimum Gasteiger partial charge on any atom is -0.366 e. The van der Waals surface area contributed by atoms with Crippen LogP contribution < -0.4 is 5.73 Å². The highest BCUT2D eigenvalue weighted by atomic mass is 16.1. The number of nitriles is 1. The summed E-state index contributed by atoms with van der Waals surface area (Å²) in [6.45, 7) is 0. The minimum atomic E-state index is -0.445. The van der Waals surface area contributed by atoms with Crippen molar-refractivity contribution in [1.82, 2.24) is 0 Å². The predicted octanol–water partition coefficient (Wildman–Crippen LogP) is 3.99. The maximum absolute atomic E-state index is 11.6. The van der Waals surface area contributed by atoms with Crippen LogP contribution >= 0.6 is 0 Å². The molecule has 0 saturated carbocycles. The third-order valence-electron chi connectivity index (χ3n) is 3.75. The molecule has 0 heterocycles. The number of primary amides is 1. The van der Waals surface area contributed by atoms with Gasteiger partial charge in [-0.05, 0) is 34.4 Å². The highest BCUT2D eigenvalue weighted by Gasteiger charge is 2.10. The second-order valence-corrected chi connectivity index (χ2v) is 5.14. The highest BCUT2D eigenvalue weighted by Crippen LogP contribution is 2.28. The van der Waals surface area contributed by atoms with Gasteiger partial charge in [0.2, 0.25) is 5.91 Å². The van der Waals surface area contributed by atoms with Crippen molar-refractivity contribution in [3.63, 3.8) is 0 Å². The van der Waals surface area contributed by atoms with E-state index >= 15 is 0 Å². The molecule has 1 amide bonds. The van der Waals surface area contributed by atoms with Crippen LogP contribution in [0.2, 0.25) is 0 Å². The van der Waals surface area contributed by atoms with Gasteiger partial charge in [0.15, 0.2) is 0 Å². The average Bonchev–Trinajstić information content (AvgIpc) is 2.62. The summed E-state index contributed by atoms with van der Waals surface area (Å²) in [6, 6.07) is 24.7. The van der Waals surface area contributed by atoms with Crippen LogP contribution in [-0.2, 0) is 0 Å². The molecule has 0 spiro atoms. The van der Waals surface area contributed by atoms with Gasteiger partial charge in [0.05, 0.1) is 11.6 Å². The third kappa shape index (κ3) is 2.83. The van der Waals surface area contributed by atoms with Gasteiger partial charge in [0.25, 0.3) is 0 Å². The molecule has 2 N–H and O–H groups in total. The number of carbonyl (C=O) groups is 1. The van der Waals surface area contributed by atoms with Gasteiger partial charge in [-0.1, -0.05) is 60.7 Å². The monoisotopic (exact) mass is 298 g/mol. The molecule has 0 atom stereocenters. The number of benzene rings is 3.